The maximum absolute atomic E-state index is 14.6. The van der Waals surface area contributed by atoms with E-state index in [1.54, 1.807) is 79.0 Å². The number of ketones is 1. The molecule has 4 saturated heterocycles. The van der Waals surface area contributed by atoms with Gasteiger partial charge in [-0.2, -0.15) is 18.6 Å². The van der Waals surface area contributed by atoms with Gasteiger partial charge in [0, 0.05) is 93.3 Å². The van der Waals surface area contributed by atoms with Gasteiger partial charge in [0.05, 0.1) is 117 Å². The maximum atomic E-state index is 14.6. The molecule has 2 aromatic carbocycles. The van der Waals surface area contributed by atoms with Crippen molar-refractivity contribution in [3.8, 4) is 52.8 Å². The number of hydroxylamine groups is 1. The van der Waals surface area contributed by atoms with Crippen LogP contribution in [0.5, 0.6) is 17.2 Å². The fourth-order valence-corrected chi connectivity index (χ4v) is 21.8. The Morgan fingerprint density at radius 1 is 0.739 bits per heavy atom. The van der Waals surface area contributed by atoms with Crippen molar-refractivity contribution >= 4 is 125 Å². The fourth-order valence-electron chi connectivity index (χ4n) is 16.9. The number of fused-ring (bicyclic) bond motifs is 3. The minimum absolute atomic E-state index is 0.00283. The van der Waals surface area contributed by atoms with Crippen molar-refractivity contribution in [1.29, 1.82) is 0 Å². The molecular weight excluding hydrogens is 2050 g/mol. The lowest BCUT2D eigenvalue weighted by atomic mass is 9.75. The zero-order chi connectivity index (χ0) is 103. The number of thioether (sulfide) groups is 1. The van der Waals surface area contributed by atoms with Gasteiger partial charge in [-0.1, -0.05) is 96.0 Å². The van der Waals surface area contributed by atoms with Gasteiger partial charge in [0.2, 0.25) is 34.9 Å². The first kappa shape index (κ1) is 115. The Bertz CT molecular complexity index is 5100. The number of carbonyl (C=O) groups excluding carboxylic acids is 9. The molecule has 15 N–H and O–H groups in total. The summed E-state index contributed by atoms with van der Waals surface area (Å²) < 4.78 is 122. The Balaban J connectivity index is 0.681. The van der Waals surface area contributed by atoms with Gasteiger partial charge in [0.25, 0.3) is 0 Å². The predicted molar refractivity (Wildman–Crippen MR) is 525 cm³/mol. The third kappa shape index (κ3) is 32.3. The highest BCUT2D eigenvalue weighted by Crippen LogP contribution is 2.53. The second-order valence-electron chi connectivity index (χ2n) is 35.6. The van der Waals surface area contributed by atoms with Crippen LogP contribution in [0.25, 0.3) is 0 Å². The highest BCUT2D eigenvalue weighted by Gasteiger charge is 2.54. The summed E-state index contributed by atoms with van der Waals surface area (Å²) in [7, 11) is 5.19. The Labute approximate surface area is 851 Å². The molecule has 43 nitrogen and oxygen atoms in total. The van der Waals surface area contributed by atoms with Crippen molar-refractivity contribution in [2.75, 3.05) is 106 Å². The second kappa shape index (κ2) is 54.8. The van der Waals surface area contributed by atoms with Crippen LogP contribution in [0.15, 0.2) is 59.3 Å². The molecule has 2 aromatic rings. The molecule has 0 spiro atoms. The smallest absolute Gasteiger partial charge is 0.421 e. The van der Waals surface area contributed by atoms with Crippen molar-refractivity contribution in [3.05, 3.63) is 79.6 Å². The number of amides is 7. The van der Waals surface area contributed by atoms with E-state index in [0.717, 1.165) is 44.6 Å². The van der Waals surface area contributed by atoms with Crippen LogP contribution in [0.3, 0.4) is 0 Å². The standard InChI is InChI=1S/C94H131IN10O33S4/c1-16-96-61-48-129-67(44-65(61)122-11)136-81-76(110)73(104-138-68-43-62(106)83(54(8)132-68)140-86(114)69-50(4)71(95)79(82(125-14)78(69)123-12)137-87-77(111)80(124-13)75(109)53(7)134-87)52(6)133-88(81)135-64-27-23-19-20-24-34-94(119)45-63(107)74(103-90(116)126-15)70(64)60(94)33-42-139-141-93(9,10)35-32-66(108)97-36-37-98-89(115)130-46-55-28-30-56(31-29-55)101-84(112)51(5)100-85(113)72(49(2)3)102-91(117)128-41-40-127-39-38-99-142(120,121)105-92(118)131-47-59-57-25-21-17-18-22-26-58(57)59/h19-20,28-31,33,49,51-54,57-59,61-62,64-65,67-68,72-73,75-77,80-81,83,87-88,96,99,104,106,109-111,119H,16,21-22,25-26,32,35-48H2,1-15H3,(H,97,108)(H,98,115)(H,100,113)(H,101,112)(H,102,117)(H,103,116)(H,105,118)/b20-19-,60-33+/t51-,52?,53?,54?,57-,58+,59-,61-,62?,64-,65?,67-,68-,72-,73+,75-,76?,77?,80?,81?,83+,87-,88-,94+/m0/s1. The molecule has 1 saturated carbocycles. The third-order valence-electron chi connectivity index (χ3n) is 24.6. The van der Waals surface area contributed by atoms with Crippen molar-refractivity contribution in [2.45, 2.75) is 266 Å². The quantitative estimate of drug-likeness (QED) is 0.0106. The number of Topliss-reactive ketones (excluding diaryl/α,β-unsaturated/α-hetero) is 1. The molecule has 9 unspecified atom stereocenters. The number of benzene rings is 2. The molecule has 4 aliphatic heterocycles. The van der Waals surface area contributed by atoms with Crippen LogP contribution < -0.4 is 66.4 Å². The van der Waals surface area contributed by atoms with E-state index < -0.39 is 196 Å². The Morgan fingerprint density at radius 3 is 2.12 bits per heavy atom. The number of hydrogen-bond acceptors (Lipinski definition) is 38. The number of allylic oxidation sites excluding steroid dienone is 3. The summed E-state index contributed by atoms with van der Waals surface area (Å²) in [5.41, 5.74) is 1.62. The number of hydrogen-bond donors (Lipinski definition) is 15. The first-order valence-corrected chi connectivity index (χ1v) is 52.4. The molecule has 24 atom stereocenters. The number of carbonyl (C=O) groups is 9. The van der Waals surface area contributed by atoms with Gasteiger partial charge >= 0.3 is 34.6 Å². The summed E-state index contributed by atoms with van der Waals surface area (Å²) in [5, 5.41) is 76.9. The van der Waals surface area contributed by atoms with E-state index in [4.69, 9.17) is 80.6 Å². The highest BCUT2D eigenvalue weighted by molar-refractivity contribution is 14.1. The van der Waals surface area contributed by atoms with E-state index in [1.165, 1.54) is 62.0 Å². The third-order valence-corrected chi connectivity index (χ3v) is 31.5. The van der Waals surface area contributed by atoms with E-state index in [0.29, 0.717) is 45.2 Å². The van der Waals surface area contributed by atoms with Crippen LogP contribution >= 0.6 is 55.9 Å². The monoisotopic (exact) mass is 2180 g/mol. The Morgan fingerprint density at radius 2 is 1.44 bits per heavy atom. The van der Waals surface area contributed by atoms with E-state index in [1.807, 2.05) is 48.1 Å². The molecule has 7 amide bonds. The lowest BCUT2D eigenvalue weighted by Gasteiger charge is -2.46. The number of aliphatic hydroxyl groups excluding tert-OH is 4. The summed E-state index contributed by atoms with van der Waals surface area (Å²) in [6.07, 6.45) is -14.3. The highest BCUT2D eigenvalue weighted by atomic mass is 127. The molecule has 0 aromatic heterocycles. The molecule has 10 rings (SSSR count). The molecular formula is C94H131IN10O33S4. The zero-order valence-electron chi connectivity index (χ0n) is 81.7. The van der Waals surface area contributed by atoms with Crippen LogP contribution in [-0.4, -0.2) is 320 Å². The minimum Gasteiger partial charge on any atom is -0.492 e. The fraction of sp³-hybridized carbons (Fsp3) is 0.649. The number of ether oxygens (including phenoxy) is 16. The van der Waals surface area contributed by atoms with Gasteiger partial charge in [-0.25, -0.2) is 23.9 Å². The van der Waals surface area contributed by atoms with Gasteiger partial charge < -0.3 is 133 Å². The maximum Gasteiger partial charge on any atom is 0.421 e. The number of halogens is 1. The van der Waals surface area contributed by atoms with Crippen LogP contribution in [0.2, 0.25) is 0 Å². The number of alkyl carbamates (subject to hydrolysis) is 3. The molecule has 48 heteroatoms. The summed E-state index contributed by atoms with van der Waals surface area (Å²) >= 11 is 2.78. The van der Waals surface area contributed by atoms with Gasteiger partial charge in [-0.15, -0.1) is 11.8 Å². The number of anilines is 1. The van der Waals surface area contributed by atoms with E-state index in [9.17, 15) is 77.1 Å². The summed E-state index contributed by atoms with van der Waals surface area (Å²) in [5.74, 6) is 16.2. The van der Waals surface area contributed by atoms with Gasteiger partial charge in [0.15, 0.2) is 41.8 Å². The first-order chi connectivity index (χ1) is 67.7. The first-order valence-electron chi connectivity index (χ1n) is 46.6. The lowest BCUT2D eigenvalue weighted by molar-refractivity contribution is -0.336. The molecule has 4 heterocycles. The van der Waals surface area contributed by atoms with Crippen molar-refractivity contribution in [1.82, 2.24) is 46.8 Å². The van der Waals surface area contributed by atoms with Crippen LogP contribution in [-0.2, 0) is 102 Å². The Hall–Kier alpha value is -8.42. The normalized spacial score (nSPS) is 28.8. The summed E-state index contributed by atoms with van der Waals surface area (Å²) in [6.45, 7) is 17.1. The summed E-state index contributed by atoms with van der Waals surface area (Å²) in [6, 6.07) is 2.74. The average molecular weight is 2180 g/mol. The average Bonchev–Trinajstić information content (AvgIpc) is 1.22. The topological polar surface area (TPSA) is 566 Å². The molecule has 786 valence electrons. The summed E-state index contributed by atoms with van der Waals surface area (Å²) in [4.78, 5) is 126. The number of methoxy groups -OCH3 is 5. The largest absolute Gasteiger partial charge is 0.492 e. The zero-order valence-corrected chi connectivity index (χ0v) is 87.1. The van der Waals surface area contributed by atoms with Crippen LogP contribution in [0.1, 0.15) is 142 Å². The molecule has 8 aliphatic rings. The molecule has 142 heavy (non-hydrogen) atoms. The molecule has 5 fully saturated rings. The van der Waals surface area contributed by atoms with Gasteiger partial charge in [0.1, 0.15) is 61.9 Å². The minimum atomic E-state index is -4.24. The van der Waals surface area contributed by atoms with E-state index in [2.05, 4.69) is 82.9 Å². The van der Waals surface area contributed by atoms with Crippen molar-refractivity contribution < 1.29 is 158 Å². The Kier molecular flexibility index (Phi) is 44.6. The number of rotatable bonds is 46. The van der Waals surface area contributed by atoms with Crippen LogP contribution in [0.4, 0.5) is 24.9 Å². The van der Waals surface area contributed by atoms with Gasteiger partial charge in [-0.05, 0) is 156 Å². The predicted octanol–water partition coefficient (Wildman–Crippen LogP) is 4.73. The van der Waals surface area contributed by atoms with Crippen LogP contribution in [0, 0.1) is 69.7 Å². The SMILES string of the molecule is CCN[C@H]1CO[C@@H](OC2C(O)[C@H](NO[C@H]3CC(O)[C@H](SC(=O)c4c(C)c(I)c(O[C@@H]5OC(C)[C@H](O)C(OC)C5O)c(OC)c4OC)C(C)O3)C(C)O[C@H]2O[C@H]2C#C/C=C\C#C[C@@]3(O)CC(=O)C(NC(=O)OC)=C2/C3=C\CSSC(C)(C)CCC(=O)NCCNC(=O)OCc2ccc(NC(=O)[C@H](C)NC(=O)[C@@H](NC(=O)OCCOCCNS(=O)(=O)NC(=O)OC[C@@H]3[C@@H]4CCC#CCC[C@@H]43)C(C)C)cc2)CC1OC. The van der Waals surface area contributed by atoms with E-state index >= 15 is 0 Å². The number of nitrogens with one attached hydrogen (secondary N) is 10. The van der Waals surface area contributed by atoms with Gasteiger partial charge in [-0.3, -0.25) is 34.1 Å². The number of likely N-dealkylation sites (N-methyl/N-ethyl adjacent to an activating group) is 1. The molecule has 2 bridgehead atoms. The number of aliphatic hydroxyl groups is 5. The molecule has 0 radical (unpaired) electrons. The van der Waals surface area contributed by atoms with Crippen molar-refractivity contribution in [3.63, 3.8) is 0 Å². The van der Waals surface area contributed by atoms with Crippen molar-refractivity contribution in [2.24, 2.45) is 23.7 Å². The van der Waals surface area contributed by atoms with E-state index in [-0.39, 0.29) is 142 Å². The second-order valence-corrected chi connectivity index (χ2v) is 42.4. The lowest BCUT2D eigenvalue weighted by Crippen LogP contribution is -2.65. The molecule has 4 aliphatic carbocycles.